The molecule has 98 valence electrons. The number of benzene rings is 1. The molecule has 1 aromatic carbocycles. The van der Waals surface area contributed by atoms with Crippen molar-refractivity contribution < 1.29 is 14.3 Å². The number of imide groups is 1. The van der Waals surface area contributed by atoms with Gasteiger partial charge in [0.1, 0.15) is 0 Å². The Morgan fingerprint density at radius 1 is 1.33 bits per heavy atom. The summed E-state index contributed by atoms with van der Waals surface area (Å²) < 4.78 is 4.38. The number of rotatable bonds is 4. The molecule has 1 atom stereocenters. The Morgan fingerprint density at radius 3 is 2.50 bits per heavy atom. The lowest BCUT2D eigenvalue weighted by Crippen LogP contribution is -2.45. The Hall–Kier alpha value is -1.88. The molecular formula is C13H18N2O3. The number of alkyl carbamates (subject to hydrolysis) is 1. The lowest BCUT2D eigenvalue weighted by atomic mass is 10.2. The molecule has 0 fully saturated rings. The summed E-state index contributed by atoms with van der Waals surface area (Å²) in [5.74, 6) is -0.375. The van der Waals surface area contributed by atoms with Crippen molar-refractivity contribution >= 4 is 12.0 Å². The number of hydrogen-bond donors (Lipinski definition) is 1. The summed E-state index contributed by atoms with van der Waals surface area (Å²) in [6.45, 7) is 2.37. The molecule has 0 aliphatic carbocycles. The third-order valence-corrected chi connectivity index (χ3v) is 2.73. The van der Waals surface area contributed by atoms with Crippen LogP contribution in [0.25, 0.3) is 0 Å². The Balaban J connectivity index is 2.53. The van der Waals surface area contributed by atoms with E-state index in [-0.39, 0.29) is 5.91 Å². The largest absolute Gasteiger partial charge is 0.453 e. The van der Waals surface area contributed by atoms with Crippen LogP contribution in [0.3, 0.4) is 0 Å². The second kappa shape index (κ2) is 6.76. The highest BCUT2D eigenvalue weighted by molar-refractivity contribution is 5.94. The van der Waals surface area contributed by atoms with Gasteiger partial charge in [-0.3, -0.25) is 15.0 Å². The van der Waals surface area contributed by atoms with Crippen LogP contribution in [0.1, 0.15) is 12.5 Å². The second-order valence-corrected chi connectivity index (χ2v) is 4.06. The molecule has 1 N–H and O–H groups in total. The van der Waals surface area contributed by atoms with Gasteiger partial charge in [-0.25, -0.2) is 4.79 Å². The van der Waals surface area contributed by atoms with Crippen molar-refractivity contribution in [2.75, 3.05) is 14.2 Å². The molecule has 5 nitrogen and oxygen atoms in total. The highest BCUT2D eigenvalue weighted by atomic mass is 16.5. The van der Waals surface area contributed by atoms with Crippen LogP contribution < -0.4 is 5.32 Å². The first-order valence-electron chi connectivity index (χ1n) is 5.67. The SMILES string of the molecule is COC(=O)NC(=O)[C@@H](C)N(C)Cc1ccccc1. The molecule has 0 saturated carbocycles. The van der Waals surface area contributed by atoms with Gasteiger partial charge in [0.2, 0.25) is 5.91 Å². The average Bonchev–Trinajstić information content (AvgIpc) is 2.38. The minimum Gasteiger partial charge on any atom is -0.453 e. The summed E-state index contributed by atoms with van der Waals surface area (Å²) in [5.41, 5.74) is 1.11. The molecule has 1 aromatic rings. The summed E-state index contributed by atoms with van der Waals surface area (Å²) >= 11 is 0. The first-order chi connectivity index (χ1) is 8.54. The van der Waals surface area contributed by atoms with Crippen LogP contribution in [-0.2, 0) is 16.1 Å². The van der Waals surface area contributed by atoms with Crippen molar-refractivity contribution in [2.45, 2.75) is 19.5 Å². The summed E-state index contributed by atoms with van der Waals surface area (Å²) in [6.07, 6.45) is -0.736. The van der Waals surface area contributed by atoms with Gasteiger partial charge in [-0.2, -0.15) is 0 Å². The Labute approximate surface area is 107 Å². The molecular weight excluding hydrogens is 232 g/mol. The van der Waals surface area contributed by atoms with Gasteiger partial charge >= 0.3 is 6.09 Å². The minimum absolute atomic E-state index is 0.375. The number of ether oxygens (including phenoxy) is 1. The van der Waals surface area contributed by atoms with Crippen LogP contribution in [0.2, 0.25) is 0 Å². The number of hydrogen-bond acceptors (Lipinski definition) is 4. The molecule has 0 heterocycles. The van der Waals surface area contributed by atoms with Crippen LogP contribution in [0, 0.1) is 0 Å². The predicted molar refractivity (Wildman–Crippen MR) is 67.9 cm³/mol. The van der Waals surface area contributed by atoms with E-state index in [4.69, 9.17) is 0 Å². The fraction of sp³-hybridized carbons (Fsp3) is 0.385. The molecule has 0 unspecified atom stereocenters. The van der Waals surface area contributed by atoms with E-state index in [9.17, 15) is 9.59 Å². The topological polar surface area (TPSA) is 58.6 Å². The van der Waals surface area contributed by atoms with E-state index in [0.717, 1.165) is 5.56 Å². The van der Waals surface area contributed by atoms with Crippen molar-refractivity contribution in [3.63, 3.8) is 0 Å². The standard InChI is InChI=1S/C13H18N2O3/c1-10(12(16)14-13(17)18-3)15(2)9-11-7-5-4-6-8-11/h4-8,10H,9H2,1-3H3,(H,14,16,17)/t10-/m1/s1. The van der Waals surface area contributed by atoms with Gasteiger partial charge in [0.25, 0.3) is 0 Å². The van der Waals surface area contributed by atoms with Gasteiger partial charge < -0.3 is 4.74 Å². The summed E-state index contributed by atoms with van der Waals surface area (Å²) in [7, 11) is 3.05. The zero-order chi connectivity index (χ0) is 13.5. The third-order valence-electron chi connectivity index (χ3n) is 2.73. The molecule has 0 spiro atoms. The first-order valence-corrected chi connectivity index (χ1v) is 5.67. The molecule has 0 aromatic heterocycles. The summed E-state index contributed by atoms with van der Waals surface area (Å²) in [5, 5.41) is 2.15. The molecule has 0 aliphatic rings. The van der Waals surface area contributed by atoms with Crippen LogP contribution in [-0.4, -0.2) is 37.1 Å². The molecule has 18 heavy (non-hydrogen) atoms. The van der Waals surface area contributed by atoms with E-state index >= 15 is 0 Å². The quantitative estimate of drug-likeness (QED) is 0.877. The maximum atomic E-state index is 11.7. The number of amides is 2. The number of nitrogens with one attached hydrogen (secondary N) is 1. The van der Waals surface area contributed by atoms with Crippen LogP contribution in [0.15, 0.2) is 30.3 Å². The van der Waals surface area contributed by atoms with E-state index < -0.39 is 12.1 Å². The van der Waals surface area contributed by atoms with Gasteiger partial charge in [0.05, 0.1) is 13.2 Å². The van der Waals surface area contributed by atoms with Crippen molar-refractivity contribution in [2.24, 2.45) is 0 Å². The molecule has 5 heteroatoms. The first kappa shape index (κ1) is 14.2. The van der Waals surface area contributed by atoms with E-state index in [1.807, 2.05) is 42.3 Å². The number of carbonyl (C=O) groups is 2. The number of likely N-dealkylation sites (N-methyl/N-ethyl adjacent to an activating group) is 1. The minimum atomic E-state index is -0.736. The zero-order valence-electron chi connectivity index (χ0n) is 10.8. The summed E-state index contributed by atoms with van der Waals surface area (Å²) in [4.78, 5) is 24.5. The van der Waals surface area contributed by atoms with Crippen molar-refractivity contribution in [1.82, 2.24) is 10.2 Å². The highest BCUT2D eigenvalue weighted by Gasteiger charge is 2.20. The summed E-state index contributed by atoms with van der Waals surface area (Å²) in [6, 6.07) is 9.40. The predicted octanol–water partition coefficient (Wildman–Crippen LogP) is 1.39. The highest BCUT2D eigenvalue weighted by Crippen LogP contribution is 2.06. The molecule has 0 saturated heterocycles. The Bertz CT molecular complexity index is 406. The van der Waals surface area contributed by atoms with Crippen LogP contribution >= 0.6 is 0 Å². The van der Waals surface area contributed by atoms with Gasteiger partial charge in [0, 0.05) is 6.54 Å². The average molecular weight is 250 g/mol. The van der Waals surface area contributed by atoms with E-state index in [2.05, 4.69) is 10.1 Å². The molecule has 1 rings (SSSR count). The van der Waals surface area contributed by atoms with E-state index in [0.29, 0.717) is 6.54 Å². The van der Waals surface area contributed by atoms with Gasteiger partial charge in [-0.05, 0) is 19.5 Å². The fourth-order valence-corrected chi connectivity index (χ4v) is 1.46. The molecule has 0 radical (unpaired) electrons. The zero-order valence-corrected chi connectivity index (χ0v) is 10.8. The third kappa shape index (κ3) is 4.18. The normalized spacial score (nSPS) is 12.0. The van der Waals surface area contributed by atoms with Crippen LogP contribution in [0.5, 0.6) is 0 Å². The van der Waals surface area contributed by atoms with Crippen molar-refractivity contribution in [3.8, 4) is 0 Å². The smallest absolute Gasteiger partial charge is 0.413 e. The van der Waals surface area contributed by atoms with Crippen molar-refractivity contribution in [1.29, 1.82) is 0 Å². The lowest BCUT2D eigenvalue weighted by molar-refractivity contribution is -0.124. The maximum absolute atomic E-state index is 11.7. The van der Waals surface area contributed by atoms with Crippen LogP contribution in [0.4, 0.5) is 4.79 Å². The van der Waals surface area contributed by atoms with E-state index in [1.54, 1.807) is 6.92 Å². The maximum Gasteiger partial charge on any atom is 0.413 e. The lowest BCUT2D eigenvalue weighted by Gasteiger charge is -2.23. The number of carbonyl (C=O) groups excluding carboxylic acids is 2. The fourth-order valence-electron chi connectivity index (χ4n) is 1.46. The second-order valence-electron chi connectivity index (χ2n) is 4.06. The van der Waals surface area contributed by atoms with Gasteiger partial charge in [-0.1, -0.05) is 30.3 Å². The van der Waals surface area contributed by atoms with Gasteiger partial charge in [-0.15, -0.1) is 0 Å². The Morgan fingerprint density at radius 2 is 1.94 bits per heavy atom. The number of methoxy groups -OCH3 is 1. The number of nitrogens with zero attached hydrogens (tertiary/aromatic N) is 1. The van der Waals surface area contributed by atoms with E-state index in [1.165, 1.54) is 7.11 Å². The molecule has 0 bridgehead atoms. The molecule has 0 aliphatic heterocycles. The monoisotopic (exact) mass is 250 g/mol. The molecule has 2 amide bonds. The van der Waals surface area contributed by atoms with Crippen molar-refractivity contribution in [3.05, 3.63) is 35.9 Å². The van der Waals surface area contributed by atoms with Gasteiger partial charge in [0.15, 0.2) is 0 Å². The Kier molecular flexibility index (Phi) is 5.32.